The molecule has 118 valence electrons. The lowest BCUT2D eigenvalue weighted by Gasteiger charge is -2.18. The first kappa shape index (κ1) is 13.9. The topological polar surface area (TPSA) is 81.9 Å². The van der Waals surface area contributed by atoms with E-state index in [-0.39, 0.29) is 0 Å². The molecule has 1 aliphatic heterocycles. The summed E-state index contributed by atoms with van der Waals surface area (Å²) in [5.41, 5.74) is 0.856. The zero-order valence-electron chi connectivity index (χ0n) is 12.8. The summed E-state index contributed by atoms with van der Waals surface area (Å²) in [5.74, 6) is 1.96. The summed E-state index contributed by atoms with van der Waals surface area (Å²) in [7, 11) is 1.89. The van der Waals surface area contributed by atoms with E-state index in [9.17, 15) is 0 Å². The van der Waals surface area contributed by atoms with Gasteiger partial charge in [-0.15, -0.1) is 0 Å². The molecule has 0 bridgehead atoms. The van der Waals surface area contributed by atoms with E-state index in [1.165, 1.54) is 0 Å². The van der Waals surface area contributed by atoms with Gasteiger partial charge in [0.15, 0.2) is 5.65 Å². The van der Waals surface area contributed by atoms with Gasteiger partial charge in [-0.25, -0.2) is 15.0 Å². The molecule has 23 heavy (non-hydrogen) atoms. The van der Waals surface area contributed by atoms with Gasteiger partial charge in [0, 0.05) is 38.4 Å². The van der Waals surface area contributed by atoms with Crippen molar-refractivity contribution in [2.45, 2.75) is 6.42 Å². The van der Waals surface area contributed by atoms with E-state index < -0.39 is 0 Å². The maximum absolute atomic E-state index is 5.72. The lowest BCUT2D eigenvalue weighted by atomic mass is 10.1. The van der Waals surface area contributed by atoms with Crippen LogP contribution in [0.2, 0.25) is 0 Å². The molecule has 3 aromatic rings. The van der Waals surface area contributed by atoms with Gasteiger partial charge in [0.2, 0.25) is 5.88 Å². The van der Waals surface area contributed by atoms with Crippen molar-refractivity contribution in [3.8, 4) is 5.88 Å². The number of rotatable bonds is 4. The number of nitrogens with zero attached hydrogens (tertiary/aromatic N) is 7. The molecule has 1 fully saturated rings. The molecule has 8 heteroatoms. The first-order chi connectivity index (χ1) is 11.3. The van der Waals surface area contributed by atoms with Crippen molar-refractivity contribution in [2.24, 2.45) is 13.0 Å². The van der Waals surface area contributed by atoms with Gasteiger partial charge in [-0.3, -0.25) is 9.67 Å². The van der Waals surface area contributed by atoms with E-state index >= 15 is 0 Å². The van der Waals surface area contributed by atoms with Crippen LogP contribution in [-0.2, 0) is 7.05 Å². The Balaban J connectivity index is 1.45. The predicted molar refractivity (Wildman–Crippen MR) is 84.2 cm³/mol. The molecule has 0 spiro atoms. The highest BCUT2D eigenvalue weighted by Crippen LogP contribution is 2.27. The fraction of sp³-hybridized carbons (Fsp3) is 0.400. The van der Waals surface area contributed by atoms with E-state index in [0.29, 0.717) is 18.4 Å². The molecule has 1 aliphatic rings. The third kappa shape index (κ3) is 2.67. The second-order valence-electron chi connectivity index (χ2n) is 5.66. The molecule has 8 nitrogen and oxygen atoms in total. The van der Waals surface area contributed by atoms with Crippen LogP contribution in [0, 0.1) is 5.92 Å². The molecule has 1 saturated heterocycles. The summed E-state index contributed by atoms with van der Waals surface area (Å²) in [6.07, 6.45) is 9.40. The van der Waals surface area contributed by atoms with Crippen molar-refractivity contribution >= 4 is 16.9 Å². The van der Waals surface area contributed by atoms with E-state index in [2.05, 4.69) is 29.9 Å². The smallest absolute Gasteiger partial charge is 0.232 e. The summed E-state index contributed by atoms with van der Waals surface area (Å²) in [6, 6.07) is 0. The molecule has 0 amide bonds. The molecule has 4 heterocycles. The van der Waals surface area contributed by atoms with Crippen LogP contribution in [0.1, 0.15) is 6.42 Å². The number of hydrogen-bond acceptors (Lipinski definition) is 7. The third-order valence-corrected chi connectivity index (χ3v) is 4.10. The highest BCUT2D eigenvalue weighted by Gasteiger charge is 2.26. The zero-order valence-corrected chi connectivity index (χ0v) is 12.8. The van der Waals surface area contributed by atoms with E-state index in [1.54, 1.807) is 29.6 Å². The van der Waals surface area contributed by atoms with Crippen LogP contribution in [-0.4, -0.2) is 49.4 Å². The minimum absolute atomic E-state index is 0.443. The monoisotopic (exact) mass is 311 g/mol. The van der Waals surface area contributed by atoms with Gasteiger partial charge >= 0.3 is 0 Å². The van der Waals surface area contributed by atoms with Crippen molar-refractivity contribution in [3.05, 3.63) is 31.1 Å². The van der Waals surface area contributed by atoms with Crippen molar-refractivity contribution in [2.75, 3.05) is 24.6 Å². The molecule has 1 unspecified atom stereocenters. The second kappa shape index (κ2) is 5.79. The summed E-state index contributed by atoms with van der Waals surface area (Å²) < 4.78 is 7.49. The molecule has 3 aromatic heterocycles. The van der Waals surface area contributed by atoms with E-state index in [1.807, 2.05) is 13.2 Å². The van der Waals surface area contributed by atoms with Crippen LogP contribution in [0.5, 0.6) is 5.88 Å². The molecule has 1 atom stereocenters. The Kier molecular flexibility index (Phi) is 3.49. The van der Waals surface area contributed by atoms with E-state index in [4.69, 9.17) is 4.74 Å². The highest BCUT2D eigenvalue weighted by atomic mass is 16.5. The fourth-order valence-corrected chi connectivity index (χ4v) is 2.93. The number of hydrogen-bond donors (Lipinski definition) is 0. The Morgan fingerprint density at radius 1 is 1.22 bits per heavy atom. The normalized spacial score (nSPS) is 17.8. The van der Waals surface area contributed by atoms with Crippen molar-refractivity contribution < 1.29 is 4.74 Å². The summed E-state index contributed by atoms with van der Waals surface area (Å²) in [4.78, 5) is 19.2. The maximum atomic E-state index is 5.72. The van der Waals surface area contributed by atoms with Crippen LogP contribution < -0.4 is 9.64 Å². The summed E-state index contributed by atoms with van der Waals surface area (Å²) in [5, 5.41) is 5.26. The Morgan fingerprint density at radius 2 is 2.17 bits per heavy atom. The van der Waals surface area contributed by atoms with Crippen LogP contribution in [0.25, 0.3) is 11.0 Å². The summed E-state index contributed by atoms with van der Waals surface area (Å²) >= 11 is 0. The first-order valence-electron chi connectivity index (χ1n) is 7.58. The standard InChI is InChI=1S/C15H17N7O/c1-21-14-12(6-20-21)15(19-10-18-14)22-5-2-11(8-22)9-23-13-7-16-3-4-17-13/h3-4,6-7,10-11H,2,5,8-9H2,1H3. The van der Waals surface area contributed by atoms with Gasteiger partial charge in [0.05, 0.1) is 24.4 Å². The van der Waals surface area contributed by atoms with Gasteiger partial charge in [-0.05, 0) is 6.42 Å². The van der Waals surface area contributed by atoms with E-state index in [0.717, 1.165) is 36.4 Å². The lowest BCUT2D eigenvalue weighted by Crippen LogP contribution is -2.23. The largest absolute Gasteiger partial charge is 0.476 e. The van der Waals surface area contributed by atoms with Crippen LogP contribution >= 0.6 is 0 Å². The average Bonchev–Trinajstić information content (AvgIpc) is 3.21. The molecule has 0 N–H and O–H groups in total. The molecule has 0 aliphatic carbocycles. The molecule has 0 aromatic carbocycles. The molecule has 0 saturated carbocycles. The first-order valence-corrected chi connectivity index (χ1v) is 7.58. The molecular weight excluding hydrogens is 294 g/mol. The number of aryl methyl sites for hydroxylation is 1. The highest BCUT2D eigenvalue weighted by molar-refractivity contribution is 5.86. The molecule has 4 rings (SSSR count). The third-order valence-electron chi connectivity index (χ3n) is 4.10. The van der Waals surface area contributed by atoms with Crippen molar-refractivity contribution in [3.63, 3.8) is 0 Å². The number of fused-ring (bicyclic) bond motifs is 1. The molecule has 0 radical (unpaired) electrons. The lowest BCUT2D eigenvalue weighted by molar-refractivity contribution is 0.251. The predicted octanol–water partition coefficient (Wildman–Crippen LogP) is 1.06. The average molecular weight is 311 g/mol. The van der Waals surface area contributed by atoms with Crippen molar-refractivity contribution in [1.82, 2.24) is 29.7 Å². The molecular formula is C15H17N7O. The van der Waals surface area contributed by atoms with Gasteiger partial charge in [0.25, 0.3) is 0 Å². The van der Waals surface area contributed by atoms with Gasteiger partial charge in [-0.1, -0.05) is 0 Å². The fourth-order valence-electron chi connectivity index (χ4n) is 2.93. The van der Waals surface area contributed by atoms with Gasteiger partial charge < -0.3 is 9.64 Å². The Bertz CT molecular complexity index is 804. The SMILES string of the molecule is Cn1ncc2c(N3CCC(COc4cnccn4)C3)ncnc21. The second-order valence-corrected chi connectivity index (χ2v) is 5.66. The number of aromatic nitrogens is 6. The Labute approximate surface area is 133 Å². The zero-order chi connectivity index (χ0) is 15.6. The Morgan fingerprint density at radius 3 is 3.04 bits per heavy atom. The summed E-state index contributed by atoms with van der Waals surface area (Å²) in [6.45, 7) is 2.49. The van der Waals surface area contributed by atoms with Crippen LogP contribution in [0.3, 0.4) is 0 Å². The minimum atomic E-state index is 0.443. The minimum Gasteiger partial charge on any atom is -0.476 e. The number of ether oxygens (including phenoxy) is 1. The Hall–Kier alpha value is -2.77. The van der Waals surface area contributed by atoms with Crippen molar-refractivity contribution in [1.29, 1.82) is 0 Å². The number of anilines is 1. The van der Waals surface area contributed by atoms with Gasteiger partial charge in [0.1, 0.15) is 12.1 Å². The van der Waals surface area contributed by atoms with Crippen LogP contribution in [0.4, 0.5) is 5.82 Å². The quantitative estimate of drug-likeness (QED) is 0.712. The van der Waals surface area contributed by atoms with Crippen LogP contribution in [0.15, 0.2) is 31.1 Å². The van der Waals surface area contributed by atoms with Gasteiger partial charge in [-0.2, -0.15) is 5.10 Å². The maximum Gasteiger partial charge on any atom is 0.232 e.